The molecule has 134 valence electrons. The predicted octanol–water partition coefficient (Wildman–Crippen LogP) is 6.14. The monoisotopic (exact) mass is 337 g/mol. The molecule has 2 aromatic carbocycles. The zero-order valence-corrected chi connectivity index (χ0v) is 16.2. The van der Waals surface area contributed by atoms with Crippen molar-refractivity contribution in [1.29, 1.82) is 0 Å². The number of carbonyl (C=O) groups excluding carboxylic acids is 1. The van der Waals surface area contributed by atoms with Crippen LogP contribution < -0.4 is 5.32 Å². The summed E-state index contributed by atoms with van der Waals surface area (Å²) in [5, 5.41) is 3.13. The second-order valence-corrected chi connectivity index (χ2v) is 7.45. The second-order valence-electron chi connectivity index (χ2n) is 7.45. The fourth-order valence-electron chi connectivity index (χ4n) is 3.07. The molecule has 2 atom stereocenters. The van der Waals surface area contributed by atoms with Gasteiger partial charge < -0.3 is 5.32 Å². The Bertz CT molecular complexity index is 687. The summed E-state index contributed by atoms with van der Waals surface area (Å²) < 4.78 is 0. The lowest BCUT2D eigenvalue weighted by Gasteiger charge is -2.18. The fourth-order valence-corrected chi connectivity index (χ4v) is 3.07. The molecule has 25 heavy (non-hydrogen) atoms. The van der Waals surface area contributed by atoms with Gasteiger partial charge in [-0.1, -0.05) is 70.2 Å². The Morgan fingerprint density at radius 3 is 2.20 bits per heavy atom. The Balaban J connectivity index is 2.10. The molecule has 0 unspecified atom stereocenters. The molecule has 0 spiro atoms. The van der Waals surface area contributed by atoms with Crippen LogP contribution in [0, 0.1) is 5.92 Å². The minimum absolute atomic E-state index is 0.0485. The third-order valence-electron chi connectivity index (χ3n) is 4.88. The van der Waals surface area contributed by atoms with Crippen LogP contribution in [0.1, 0.15) is 69.6 Å². The number of para-hydroxylation sites is 1. The van der Waals surface area contributed by atoms with Crippen LogP contribution in [0.4, 0.5) is 5.69 Å². The molecule has 2 heteroatoms. The van der Waals surface area contributed by atoms with Gasteiger partial charge in [0.1, 0.15) is 0 Å². The van der Waals surface area contributed by atoms with Crippen LogP contribution in [0.5, 0.6) is 0 Å². The molecule has 0 aromatic heterocycles. The zero-order valence-electron chi connectivity index (χ0n) is 16.2. The summed E-state index contributed by atoms with van der Waals surface area (Å²) in [6, 6.07) is 16.6. The SMILES string of the molecule is CC[C@@H](C)c1ccccc1NC(=O)[C@H](C)c1ccc(CC(C)C)cc1. The molecule has 0 radical (unpaired) electrons. The number of carbonyl (C=O) groups is 1. The highest BCUT2D eigenvalue weighted by atomic mass is 16.1. The summed E-state index contributed by atoms with van der Waals surface area (Å²) in [5.74, 6) is 0.955. The van der Waals surface area contributed by atoms with Gasteiger partial charge in [0.15, 0.2) is 0 Å². The van der Waals surface area contributed by atoms with Gasteiger partial charge in [-0.15, -0.1) is 0 Å². The first-order valence-corrected chi connectivity index (χ1v) is 9.41. The summed E-state index contributed by atoms with van der Waals surface area (Å²) in [5.41, 5.74) is 4.53. The standard InChI is InChI=1S/C23H31NO/c1-6-17(4)21-9-7-8-10-22(21)24-23(25)18(5)20-13-11-19(12-14-20)15-16(2)3/h7-14,16-18H,6,15H2,1-5H3,(H,24,25)/t17-,18-/m1/s1. The van der Waals surface area contributed by atoms with Gasteiger partial charge >= 0.3 is 0 Å². The molecular formula is C23H31NO. The van der Waals surface area contributed by atoms with Gasteiger partial charge in [-0.3, -0.25) is 4.79 Å². The molecular weight excluding hydrogens is 306 g/mol. The molecule has 0 aliphatic heterocycles. The van der Waals surface area contributed by atoms with Crippen LogP contribution in [-0.2, 0) is 11.2 Å². The van der Waals surface area contributed by atoms with Crippen molar-refractivity contribution in [2.45, 2.75) is 59.3 Å². The summed E-state index contributed by atoms with van der Waals surface area (Å²) in [7, 11) is 0. The molecule has 1 amide bonds. The highest BCUT2D eigenvalue weighted by Gasteiger charge is 2.17. The van der Waals surface area contributed by atoms with Gasteiger partial charge in [0.05, 0.1) is 5.92 Å². The lowest BCUT2D eigenvalue weighted by atomic mass is 9.95. The number of benzene rings is 2. The molecule has 0 aliphatic carbocycles. The van der Waals surface area contributed by atoms with Crippen molar-refractivity contribution in [2.75, 3.05) is 5.32 Å². The van der Waals surface area contributed by atoms with E-state index in [0.29, 0.717) is 11.8 Å². The Morgan fingerprint density at radius 1 is 0.960 bits per heavy atom. The normalized spacial score (nSPS) is 13.5. The number of anilines is 1. The molecule has 2 rings (SSSR count). The van der Waals surface area contributed by atoms with E-state index in [9.17, 15) is 4.79 Å². The molecule has 0 bridgehead atoms. The van der Waals surface area contributed by atoms with E-state index in [4.69, 9.17) is 0 Å². The number of hydrogen-bond donors (Lipinski definition) is 1. The van der Waals surface area contributed by atoms with Crippen molar-refractivity contribution in [3.05, 3.63) is 65.2 Å². The maximum atomic E-state index is 12.7. The topological polar surface area (TPSA) is 29.1 Å². The average molecular weight is 338 g/mol. The summed E-state index contributed by atoms with van der Waals surface area (Å²) in [6.45, 7) is 10.8. The highest BCUT2D eigenvalue weighted by molar-refractivity contribution is 5.96. The Kier molecular flexibility index (Phi) is 6.81. The van der Waals surface area contributed by atoms with Crippen molar-refractivity contribution in [3.63, 3.8) is 0 Å². The van der Waals surface area contributed by atoms with Crippen LogP contribution >= 0.6 is 0 Å². The molecule has 2 nitrogen and oxygen atoms in total. The minimum Gasteiger partial charge on any atom is -0.325 e. The van der Waals surface area contributed by atoms with Crippen LogP contribution in [0.3, 0.4) is 0 Å². The van der Waals surface area contributed by atoms with E-state index in [0.717, 1.165) is 24.1 Å². The number of nitrogens with one attached hydrogen (secondary N) is 1. The second kappa shape index (κ2) is 8.84. The van der Waals surface area contributed by atoms with E-state index < -0.39 is 0 Å². The summed E-state index contributed by atoms with van der Waals surface area (Å²) >= 11 is 0. The number of rotatable bonds is 7. The van der Waals surface area contributed by atoms with Crippen molar-refractivity contribution < 1.29 is 4.79 Å². The van der Waals surface area contributed by atoms with E-state index in [1.54, 1.807) is 0 Å². The van der Waals surface area contributed by atoms with E-state index in [1.165, 1.54) is 11.1 Å². The van der Waals surface area contributed by atoms with Gasteiger partial charge in [-0.05, 0) is 54.4 Å². The molecule has 0 aliphatic rings. The third kappa shape index (κ3) is 5.19. The zero-order chi connectivity index (χ0) is 18.4. The molecule has 1 N–H and O–H groups in total. The van der Waals surface area contributed by atoms with Gasteiger partial charge in [0, 0.05) is 5.69 Å². The van der Waals surface area contributed by atoms with Crippen molar-refractivity contribution in [3.8, 4) is 0 Å². The summed E-state index contributed by atoms with van der Waals surface area (Å²) in [4.78, 5) is 12.7. The van der Waals surface area contributed by atoms with Gasteiger partial charge in [0.25, 0.3) is 0 Å². The Hall–Kier alpha value is -2.09. The van der Waals surface area contributed by atoms with Crippen LogP contribution in [-0.4, -0.2) is 5.91 Å². The number of hydrogen-bond acceptors (Lipinski definition) is 1. The van der Waals surface area contributed by atoms with Crippen LogP contribution in [0.15, 0.2) is 48.5 Å². The smallest absolute Gasteiger partial charge is 0.231 e. The lowest BCUT2D eigenvalue weighted by Crippen LogP contribution is -2.20. The van der Waals surface area contributed by atoms with Crippen LogP contribution in [0.25, 0.3) is 0 Å². The highest BCUT2D eigenvalue weighted by Crippen LogP contribution is 2.28. The Morgan fingerprint density at radius 2 is 1.60 bits per heavy atom. The first kappa shape index (κ1) is 19.2. The Labute approximate surface area is 152 Å². The van der Waals surface area contributed by atoms with Gasteiger partial charge in [-0.2, -0.15) is 0 Å². The molecule has 0 saturated carbocycles. The van der Waals surface area contributed by atoms with Gasteiger partial charge in [-0.25, -0.2) is 0 Å². The van der Waals surface area contributed by atoms with Crippen LogP contribution in [0.2, 0.25) is 0 Å². The van der Waals surface area contributed by atoms with E-state index in [-0.39, 0.29) is 11.8 Å². The molecule has 0 saturated heterocycles. The largest absolute Gasteiger partial charge is 0.325 e. The first-order valence-electron chi connectivity index (χ1n) is 9.41. The molecule has 2 aromatic rings. The van der Waals surface area contributed by atoms with Crippen molar-refractivity contribution >= 4 is 11.6 Å². The van der Waals surface area contributed by atoms with E-state index in [1.807, 2.05) is 25.1 Å². The summed E-state index contributed by atoms with van der Waals surface area (Å²) in [6.07, 6.45) is 2.13. The van der Waals surface area contributed by atoms with Crippen molar-refractivity contribution in [2.24, 2.45) is 5.92 Å². The van der Waals surface area contributed by atoms with E-state index in [2.05, 4.69) is 63.3 Å². The molecule has 0 fully saturated rings. The fraction of sp³-hybridized carbons (Fsp3) is 0.435. The number of amides is 1. The third-order valence-corrected chi connectivity index (χ3v) is 4.88. The average Bonchev–Trinajstić information content (AvgIpc) is 2.61. The lowest BCUT2D eigenvalue weighted by molar-refractivity contribution is -0.117. The maximum absolute atomic E-state index is 12.7. The first-order chi connectivity index (χ1) is 11.9. The molecule has 0 heterocycles. The maximum Gasteiger partial charge on any atom is 0.231 e. The quantitative estimate of drug-likeness (QED) is 0.646. The van der Waals surface area contributed by atoms with Gasteiger partial charge in [0.2, 0.25) is 5.91 Å². The predicted molar refractivity (Wildman–Crippen MR) is 107 cm³/mol. The van der Waals surface area contributed by atoms with Crippen molar-refractivity contribution in [1.82, 2.24) is 0 Å². The van der Waals surface area contributed by atoms with E-state index >= 15 is 0 Å². The minimum atomic E-state index is -0.168.